The first-order chi connectivity index (χ1) is 35.3. The average molecular weight is 1050 g/mol. The maximum Gasteiger partial charge on any atom is 0.327 e. The van der Waals surface area contributed by atoms with Crippen molar-refractivity contribution in [3.8, 4) is 0 Å². The number of carboxylic acid groups (broad SMARTS) is 2. The van der Waals surface area contributed by atoms with Gasteiger partial charge in [0.2, 0.25) is 35.4 Å². The zero-order valence-electron chi connectivity index (χ0n) is 43.5. The zero-order chi connectivity index (χ0) is 56.1. The summed E-state index contributed by atoms with van der Waals surface area (Å²) in [7, 11) is 2.80. The summed E-state index contributed by atoms with van der Waals surface area (Å²) in [6.07, 6.45) is 8.22. The highest BCUT2D eigenvalue weighted by atomic mass is 16.5. The van der Waals surface area contributed by atoms with E-state index < -0.39 is 126 Å². The van der Waals surface area contributed by atoms with E-state index in [2.05, 4.69) is 43.5 Å². The van der Waals surface area contributed by atoms with Crippen molar-refractivity contribution in [2.75, 3.05) is 20.7 Å². The third-order valence-corrected chi connectivity index (χ3v) is 12.8. The Morgan fingerprint density at radius 1 is 0.880 bits per heavy atom. The number of nitrogens with two attached hydrogens (primary N) is 2. The number of hydrogen-bond acceptors (Lipinski definition) is 12. The van der Waals surface area contributed by atoms with Gasteiger partial charge in [-0.15, -0.1) is 0 Å². The quantitative estimate of drug-likeness (QED) is 0.0368. The molecular formula is C52H74N10O13. The number of aliphatic hydroxyl groups excluding tert-OH is 1. The average Bonchev–Trinajstić information content (AvgIpc) is 3.36. The summed E-state index contributed by atoms with van der Waals surface area (Å²) < 4.78 is 5.82. The highest BCUT2D eigenvalue weighted by Gasteiger charge is 2.37. The van der Waals surface area contributed by atoms with E-state index in [4.69, 9.17) is 16.2 Å². The van der Waals surface area contributed by atoms with Crippen molar-refractivity contribution >= 4 is 59.2 Å². The van der Waals surface area contributed by atoms with Crippen molar-refractivity contribution < 1.29 is 63.2 Å². The minimum atomic E-state index is -1.95. The lowest BCUT2D eigenvalue weighted by atomic mass is 9.94. The molecule has 3 rings (SSSR count). The minimum absolute atomic E-state index is 0.00533. The van der Waals surface area contributed by atoms with Gasteiger partial charge in [0.15, 0.2) is 5.96 Å². The molecule has 1 saturated heterocycles. The molecule has 13 N–H and O–H groups in total. The molecule has 0 unspecified atom stereocenters. The predicted molar refractivity (Wildman–Crippen MR) is 277 cm³/mol. The Labute approximate surface area is 436 Å². The van der Waals surface area contributed by atoms with E-state index in [1.165, 1.54) is 46.0 Å². The first kappa shape index (κ1) is 61.6. The SMILES string of the molecule is C=C1C(=O)N[C@H](C)C(=O)N[C@@H](CC2=CC[C@@H](O)C=C2)C(=O)N[C@@H](C(=O)O)[C@H](C)C(=O)N[C@@H](CCCN=C(N)N)C(=O)N[C@@H](/C=C/C(C)=C/[C@H](C)[C@H](Cc2ccccc2)OC)[C@H](C)C(=O)N[C@@H](C(=O)O)CCC(=O)N1C. The van der Waals surface area contributed by atoms with Gasteiger partial charge in [0, 0.05) is 39.5 Å². The van der Waals surface area contributed by atoms with Crippen LogP contribution in [0.25, 0.3) is 0 Å². The minimum Gasteiger partial charge on any atom is -0.480 e. The fourth-order valence-electron chi connectivity index (χ4n) is 8.00. The number of rotatable bonds is 15. The van der Waals surface area contributed by atoms with Gasteiger partial charge < -0.3 is 68.3 Å². The van der Waals surface area contributed by atoms with Crippen molar-refractivity contribution in [3.05, 3.63) is 95.8 Å². The van der Waals surface area contributed by atoms with Crippen LogP contribution in [0.3, 0.4) is 0 Å². The third-order valence-electron chi connectivity index (χ3n) is 12.8. The molecule has 23 heteroatoms. The van der Waals surface area contributed by atoms with Crippen LogP contribution in [0.1, 0.15) is 78.7 Å². The van der Waals surface area contributed by atoms with Gasteiger partial charge in [0.05, 0.1) is 30.1 Å². The number of carbonyl (C=O) groups excluding carboxylic acids is 7. The highest BCUT2D eigenvalue weighted by molar-refractivity contribution is 6.00. The molecule has 11 atom stereocenters. The van der Waals surface area contributed by atoms with Gasteiger partial charge in [0.25, 0.3) is 5.91 Å². The van der Waals surface area contributed by atoms with Crippen molar-refractivity contribution in [2.24, 2.45) is 34.2 Å². The lowest BCUT2D eigenvalue weighted by Gasteiger charge is -2.28. The third kappa shape index (κ3) is 19.9. The van der Waals surface area contributed by atoms with Gasteiger partial charge in [-0.3, -0.25) is 38.6 Å². The number of amides is 7. The molecule has 1 aromatic rings. The number of ether oxygens (including phenoxy) is 1. The van der Waals surface area contributed by atoms with Crippen LogP contribution in [0, 0.1) is 17.8 Å². The fourth-order valence-corrected chi connectivity index (χ4v) is 8.00. The maximum atomic E-state index is 14.5. The van der Waals surface area contributed by atoms with E-state index in [1.807, 2.05) is 43.3 Å². The number of nitrogens with one attached hydrogen (secondary N) is 6. The maximum absolute atomic E-state index is 14.5. The zero-order valence-corrected chi connectivity index (χ0v) is 43.5. The van der Waals surface area contributed by atoms with Crippen molar-refractivity contribution in [2.45, 2.75) is 128 Å². The number of benzene rings is 1. The Hall–Kier alpha value is -7.66. The standard InChI is InChI=1S/C52H74N10O13/c1-28(25-29(2)41(75-8)27-34-13-10-9-11-14-34)16-21-37-30(3)44(65)59-39(50(71)72)22-23-42(64)62(7)33(6)47(68)56-32(5)46(67)60-40(26-35-17-19-36(63)20-18-35)49(70)61-43(51(73)74)31(4)45(66)58-38(48(69)57-37)15-12-24-55-52(53)54/h9-11,13-14,16-19,21,25,29-32,36-41,43,63H,6,12,15,20,22-24,26-27H2,1-5,7-8H3,(H,56,68)(H,57,69)(H,58,66)(H,59,65)(H,60,67)(H,61,70)(H,71,72)(H,73,74)(H4,53,54,55)/b21-16+,28-25+/t29-,30-,31-,32+,36-,37-,38-,39+,40-,41-,43+/m0/s1. The van der Waals surface area contributed by atoms with Gasteiger partial charge in [-0.2, -0.15) is 0 Å². The van der Waals surface area contributed by atoms with Crippen molar-refractivity contribution in [1.82, 2.24) is 36.8 Å². The van der Waals surface area contributed by atoms with Gasteiger partial charge in [-0.05, 0) is 57.1 Å². The largest absolute Gasteiger partial charge is 0.480 e. The van der Waals surface area contributed by atoms with Crippen LogP contribution in [0.5, 0.6) is 0 Å². The van der Waals surface area contributed by atoms with Gasteiger partial charge in [0.1, 0.15) is 35.9 Å². The Kier molecular flexibility index (Phi) is 24.6. The molecule has 0 saturated carbocycles. The van der Waals surface area contributed by atoms with Crippen LogP contribution in [-0.4, -0.2) is 149 Å². The Bertz CT molecular complexity index is 2400. The number of nitrogens with zero attached hydrogens (tertiary/aromatic N) is 2. The second kappa shape index (κ2) is 29.9. The Morgan fingerprint density at radius 3 is 2.12 bits per heavy atom. The van der Waals surface area contributed by atoms with E-state index in [0.29, 0.717) is 17.6 Å². The summed E-state index contributed by atoms with van der Waals surface area (Å²) in [5, 5.41) is 45.6. The number of aliphatic carboxylic acids is 2. The number of aliphatic hydroxyl groups is 1. The van der Waals surface area contributed by atoms with Gasteiger partial charge in [-0.1, -0.05) is 99.7 Å². The summed E-state index contributed by atoms with van der Waals surface area (Å²) >= 11 is 0. The Balaban J connectivity index is 2.14. The van der Waals surface area contributed by atoms with E-state index in [9.17, 15) is 58.5 Å². The molecule has 23 nitrogen and oxygen atoms in total. The van der Waals surface area contributed by atoms with E-state index in [0.717, 1.165) is 10.5 Å². The molecule has 1 aliphatic heterocycles. The van der Waals surface area contributed by atoms with Crippen LogP contribution in [0.15, 0.2) is 95.2 Å². The summed E-state index contributed by atoms with van der Waals surface area (Å²) in [6.45, 7) is 11.3. The first-order valence-corrected chi connectivity index (χ1v) is 24.6. The van der Waals surface area contributed by atoms with Gasteiger partial charge in [-0.25, -0.2) is 9.59 Å². The molecular weight excluding hydrogens is 973 g/mol. The van der Waals surface area contributed by atoms with Crippen LogP contribution in [0.2, 0.25) is 0 Å². The number of hydrogen-bond donors (Lipinski definition) is 11. The highest BCUT2D eigenvalue weighted by Crippen LogP contribution is 2.20. The lowest BCUT2D eigenvalue weighted by Crippen LogP contribution is -2.59. The monoisotopic (exact) mass is 1050 g/mol. The van der Waals surface area contributed by atoms with E-state index in [-0.39, 0.29) is 50.2 Å². The number of guanidine groups is 1. The molecule has 75 heavy (non-hydrogen) atoms. The molecule has 1 aliphatic carbocycles. The molecule has 0 aromatic heterocycles. The first-order valence-electron chi connectivity index (χ1n) is 24.6. The molecule has 1 aromatic carbocycles. The molecule has 0 spiro atoms. The molecule has 1 fully saturated rings. The van der Waals surface area contributed by atoms with E-state index in [1.54, 1.807) is 26.2 Å². The van der Waals surface area contributed by atoms with Crippen LogP contribution in [-0.2, 0) is 54.3 Å². The summed E-state index contributed by atoms with van der Waals surface area (Å²) in [5.41, 5.74) is 12.8. The fraction of sp³-hybridized carbons (Fsp3) is 0.500. The van der Waals surface area contributed by atoms with Crippen LogP contribution < -0.4 is 43.4 Å². The topological polar surface area (TPSA) is 363 Å². The number of carboxylic acids is 2. The molecule has 410 valence electrons. The summed E-state index contributed by atoms with van der Waals surface area (Å²) in [5.74, 6) is -12.8. The van der Waals surface area contributed by atoms with Crippen LogP contribution in [0.4, 0.5) is 0 Å². The smallest absolute Gasteiger partial charge is 0.327 e. The normalized spacial score (nSPS) is 26.5. The Morgan fingerprint density at radius 2 is 1.52 bits per heavy atom. The lowest BCUT2D eigenvalue weighted by molar-refractivity contribution is -0.146. The molecule has 0 radical (unpaired) electrons. The molecule has 7 amide bonds. The summed E-state index contributed by atoms with van der Waals surface area (Å²) in [6, 6.07) is 0.598. The molecule has 2 aliphatic rings. The van der Waals surface area contributed by atoms with Crippen molar-refractivity contribution in [1.29, 1.82) is 0 Å². The number of aliphatic imine (C=N–C) groups is 1. The predicted octanol–water partition coefficient (Wildman–Crippen LogP) is 0.210. The van der Waals surface area contributed by atoms with Crippen molar-refractivity contribution in [3.63, 3.8) is 0 Å². The second-order valence-electron chi connectivity index (χ2n) is 18.8. The number of carbonyl (C=O) groups is 9. The number of allylic oxidation sites excluding steroid dienone is 3. The van der Waals surface area contributed by atoms with E-state index >= 15 is 0 Å². The molecule has 1 heterocycles. The molecule has 0 bridgehead atoms. The second-order valence-corrected chi connectivity index (χ2v) is 18.8. The summed E-state index contributed by atoms with van der Waals surface area (Å²) in [4.78, 5) is 127. The van der Waals surface area contributed by atoms with Crippen LogP contribution >= 0.6 is 0 Å². The number of methoxy groups -OCH3 is 1. The number of likely N-dealkylation sites (N-methyl/N-ethyl adjacent to an activating group) is 1. The van der Waals surface area contributed by atoms with Gasteiger partial charge >= 0.3 is 11.9 Å².